The van der Waals surface area contributed by atoms with Crippen LogP contribution in [0, 0.1) is 17.1 Å². The highest BCUT2D eigenvalue weighted by Gasteiger charge is 2.28. The summed E-state index contributed by atoms with van der Waals surface area (Å²) >= 11 is 0. The quantitative estimate of drug-likeness (QED) is 0.639. The summed E-state index contributed by atoms with van der Waals surface area (Å²) < 4.78 is 18.9. The maximum Gasteiger partial charge on any atom is 0.314 e. The average Bonchev–Trinajstić information content (AvgIpc) is 2.64. The second kappa shape index (κ2) is 9.36. The first kappa shape index (κ1) is 19.9. The van der Waals surface area contributed by atoms with Crippen molar-refractivity contribution in [3.63, 3.8) is 0 Å². The Morgan fingerprint density at radius 3 is 2.73 bits per heavy atom. The van der Waals surface area contributed by atoms with Gasteiger partial charge in [0.1, 0.15) is 17.4 Å². The smallest absolute Gasteiger partial charge is 0.314 e. The Hall–Kier alpha value is -2.37. The van der Waals surface area contributed by atoms with Gasteiger partial charge in [-0.05, 0) is 26.0 Å². The van der Waals surface area contributed by atoms with Crippen LogP contribution in [0.15, 0.2) is 18.2 Å². The van der Waals surface area contributed by atoms with E-state index in [0.29, 0.717) is 38.5 Å². The number of morpholine rings is 1. The summed E-state index contributed by atoms with van der Waals surface area (Å²) in [6, 6.07) is 5.98. The Balaban J connectivity index is 1.69. The zero-order valence-corrected chi connectivity index (χ0v) is 15.3. The predicted octanol–water partition coefficient (Wildman–Crippen LogP) is 1.52. The summed E-state index contributed by atoms with van der Waals surface area (Å²) in [4.78, 5) is 14.3. The molecule has 2 rings (SSSR count). The first-order valence-corrected chi connectivity index (χ1v) is 8.71. The number of anilines is 1. The molecule has 1 aromatic rings. The minimum absolute atomic E-state index is 0.0239. The van der Waals surface area contributed by atoms with Crippen molar-refractivity contribution in [1.82, 2.24) is 15.5 Å². The van der Waals surface area contributed by atoms with Gasteiger partial charge in [0, 0.05) is 38.3 Å². The molecule has 0 aliphatic carbocycles. The predicted molar refractivity (Wildman–Crippen MR) is 97.5 cm³/mol. The maximum atomic E-state index is 13.5. The zero-order chi connectivity index (χ0) is 19.0. The average molecular weight is 363 g/mol. The molecule has 8 heteroatoms. The second-order valence-electron chi connectivity index (χ2n) is 6.72. The van der Waals surface area contributed by atoms with Gasteiger partial charge in [0.25, 0.3) is 0 Å². The van der Waals surface area contributed by atoms with Crippen LogP contribution in [0.1, 0.15) is 19.4 Å². The number of hydrogen-bond acceptors (Lipinski definition) is 5. The molecule has 1 saturated heterocycles. The van der Waals surface area contributed by atoms with Gasteiger partial charge in [-0.1, -0.05) is 6.07 Å². The van der Waals surface area contributed by atoms with Crippen molar-refractivity contribution in [2.45, 2.75) is 19.4 Å². The van der Waals surface area contributed by atoms with Crippen molar-refractivity contribution < 1.29 is 13.9 Å². The van der Waals surface area contributed by atoms with Crippen LogP contribution in [0.3, 0.4) is 0 Å². The molecule has 1 heterocycles. The van der Waals surface area contributed by atoms with Crippen molar-refractivity contribution >= 4 is 11.7 Å². The van der Waals surface area contributed by atoms with Gasteiger partial charge in [-0.2, -0.15) is 5.26 Å². The molecule has 0 radical (unpaired) electrons. The van der Waals surface area contributed by atoms with E-state index in [4.69, 9.17) is 10.00 Å². The van der Waals surface area contributed by atoms with Gasteiger partial charge in [-0.15, -0.1) is 0 Å². The fourth-order valence-electron chi connectivity index (χ4n) is 2.80. The molecule has 0 atom stereocenters. The fourth-order valence-corrected chi connectivity index (χ4v) is 2.80. The molecule has 1 aliphatic rings. The molecule has 1 aliphatic heterocycles. The number of amides is 2. The number of nitriles is 1. The standard InChI is InChI=1S/C18H26FN5O2/c1-18(2,24-8-10-26-11-9-24)13-23-17(25)22-7-6-21-16-5-3-4-15(19)14(16)12-20/h3-5,21H,6-11,13H2,1-2H3,(H2,22,23,25). The third-order valence-electron chi connectivity index (χ3n) is 4.40. The number of carbonyl (C=O) groups is 1. The number of rotatable bonds is 7. The normalized spacial score (nSPS) is 15.2. The largest absolute Gasteiger partial charge is 0.382 e. The van der Waals surface area contributed by atoms with E-state index in [0.717, 1.165) is 13.1 Å². The number of nitrogens with one attached hydrogen (secondary N) is 3. The van der Waals surface area contributed by atoms with Crippen LogP contribution in [0.4, 0.5) is 14.9 Å². The van der Waals surface area contributed by atoms with Gasteiger partial charge < -0.3 is 20.7 Å². The summed E-state index contributed by atoms with van der Waals surface area (Å²) in [7, 11) is 0. The summed E-state index contributed by atoms with van der Waals surface area (Å²) in [5.41, 5.74) is 0.246. The highest BCUT2D eigenvalue weighted by atomic mass is 19.1. The number of benzene rings is 1. The molecule has 1 fully saturated rings. The molecular weight excluding hydrogens is 337 g/mol. The molecule has 3 N–H and O–H groups in total. The van der Waals surface area contributed by atoms with E-state index >= 15 is 0 Å². The van der Waals surface area contributed by atoms with Crippen LogP contribution >= 0.6 is 0 Å². The van der Waals surface area contributed by atoms with Crippen LogP contribution < -0.4 is 16.0 Å². The lowest BCUT2D eigenvalue weighted by atomic mass is 10.0. The van der Waals surface area contributed by atoms with Crippen molar-refractivity contribution in [3.8, 4) is 6.07 Å². The van der Waals surface area contributed by atoms with Crippen molar-refractivity contribution in [3.05, 3.63) is 29.6 Å². The lowest BCUT2D eigenvalue weighted by Gasteiger charge is -2.40. The molecule has 142 valence electrons. The Kier molecular flexibility index (Phi) is 7.18. The second-order valence-corrected chi connectivity index (χ2v) is 6.72. The topological polar surface area (TPSA) is 89.4 Å². The van der Waals surface area contributed by atoms with E-state index in [1.54, 1.807) is 6.07 Å². The van der Waals surface area contributed by atoms with Gasteiger partial charge in [0.2, 0.25) is 0 Å². The number of hydrogen-bond donors (Lipinski definition) is 3. The first-order chi connectivity index (χ1) is 12.4. The summed E-state index contributed by atoms with van der Waals surface area (Å²) in [6.07, 6.45) is 0. The highest BCUT2D eigenvalue weighted by molar-refractivity contribution is 5.74. The number of urea groups is 1. The van der Waals surface area contributed by atoms with Crippen LogP contribution in [0.5, 0.6) is 0 Å². The molecule has 1 aromatic carbocycles. The minimum Gasteiger partial charge on any atom is -0.382 e. The van der Waals surface area contributed by atoms with E-state index in [-0.39, 0.29) is 17.1 Å². The lowest BCUT2D eigenvalue weighted by molar-refractivity contribution is -0.00874. The summed E-state index contributed by atoms with van der Waals surface area (Å²) in [5.74, 6) is -0.562. The molecule has 2 amide bonds. The number of halogens is 1. The minimum atomic E-state index is -0.562. The van der Waals surface area contributed by atoms with E-state index in [2.05, 4.69) is 34.7 Å². The molecule has 0 unspecified atom stereocenters. The Bertz CT molecular complexity index is 653. The van der Waals surface area contributed by atoms with E-state index in [1.807, 2.05) is 6.07 Å². The Morgan fingerprint density at radius 1 is 1.31 bits per heavy atom. The number of carbonyl (C=O) groups excluding carboxylic acids is 1. The molecule has 7 nitrogen and oxygen atoms in total. The van der Waals surface area contributed by atoms with Gasteiger partial charge in [0.05, 0.1) is 18.9 Å². The summed E-state index contributed by atoms with van der Waals surface area (Å²) in [6.45, 7) is 8.58. The third-order valence-corrected chi connectivity index (χ3v) is 4.40. The van der Waals surface area contributed by atoms with Crippen LogP contribution in [0.25, 0.3) is 0 Å². The summed E-state index contributed by atoms with van der Waals surface area (Å²) in [5, 5.41) is 17.6. The zero-order valence-electron chi connectivity index (χ0n) is 15.3. The van der Waals surface area contributed by atoms with Crippen LogP contribution in [-0.2, 0) is 4.74 Å². The molecule has 26 heavy (non-hydrogen) atoms. The van der Waals surface area contributed by atoms with E-state index in [9.17, 15) is 9.18 Å². The molecule has 0 bridgehead atoms. The fraction of sp³-hybridized carbons (Fsp3) is 0.556. The van der Waals surface area contributed by atoms with Gasteiger partial charge >= 0.3 is 6.03 Å². The van der Waals surface area contributed by atoms with Gasteiger partial charge in [0.15, 0.2) is 0 Å². The lowest BCUT2D eigenvalue weighted by Crippen LogP contribution is -2.56. The maximum absolute atomic E-state index is 13.5. The van der Waals surface area contributed by atoms with Gasteiger partial charge in [-0.3, -0.25) is 4.90 Å². The SMILES string of the molecule is CC(C)(CNC(=O)NCCNc1cccc(F)c1C#N)N1CCOCC1. The van der Waals surface area contributed by atoms with Crippen molar-refractivity contribution in [1.29, 1.82) is 5.26 Å². The van der Waals surface area contributed by atoms with Crippen LogP contribution in [0.2, 0.25) is 0 Å². The van der Waals surface area contributed by atoms with Gasteiger partial charge in [-0.25, -0.2) is 9.18 Å². The first-order valence-electron chi connectivity index (χ1n) is 8.71. The third kappa shape index (κ3) is 5.58. The molecule has 0 saturated carbocycles. The molecule has 0 aromatic heterocycles. The Labute approximate surface area is 153 Å². The molecule has 0 spiro atoms. The van der Waals surface area contributed by atoms with Crippen LogP contribution in [-0.4, -0.2) is 62.4 Å². The Morgan fingerprint density at radius 2 is 2.04 bits per heavy atom. The molecular formula is C18H26FN5O2. The van der Waals surface area contributed by atoms with Crippen molar-refractivity contribution in [2.24, 2.45) is 0 Å². The number of ether oxygens (including phenoxy) is 1. The van der Waals surface area contributed by atoms with E-state index < -0.39 is 5.82 Å². The monoisotopic (exact) mass is 363 g/mol. The number of nitrogens with zero attached hydrogens (tertiary/aromatic N) is 2. The van der Waals surface area contributed by atoms with Crippen molar-refractivity contribution in [2.75, 3.05) is 51.3 Å². The highest BCUT2D eigenvalue weighted by Crippen LogP contribution is 2.17. The van der Waals surface area contributed by atoms with E-state index in [1.165, 1.54) is 12.1 Å².